The van der Waals surface area contributed by atoms with Gasteiger partial charge in [0.05, 0.1) is 18.9 Å². The maximum atomic E-state index is 14.9. The maximum absolute atomic E-state index is 14.9. The van der Waals surface area contributed by atoms with E-state index in [9.17, 15) is 65.2 Å². The van der Waals surface area contributed by atoms with Crippen LogP contribution in [0.5, 0.6) is 0 Å². The van der Waals surface area contributed by atoms with Gasteiger partial charge >= 0.3 is 18.3 Å². The SMILES string of the molecule is CC(C)C[C@@H]1NC(=O)[C@H](Cc2cn(Cc3ccc(Cl)cc3)c3ccccc23)N(C)C(=O)[C@H](CC(F)(F)F)NC(=O)[C@H](CC(C)C)N(C)C(=O)[C@H](CC(F)(F)F)NC(=O)C(CCC#N)OC(=O)[C@H](C)N(C)C1=O. The van der Waals surface area contributed by atoms with Gasteiger partial charge in [-0.25, -0.2) is 4.79 Å². The first-order valence-corrected chi connectivity index (χ1v) is 23.6. The summed E-state index contributed by atoms with van der Waals surface area (Å²) in [6.07, 6.45) is -16.5. The standard InChI is InChI=1S/C49H61ClF6N8O8/c1-27(2)20-34-44(68)61(6)29(5)47(71)72-40(14-11-19-57)43(67)60-36(24-49(54,55)56)46(70)62(7)38(21-28(3)4)41(65)59-35(23-48(51,52)53)45(69)63(8)39(42(66)58-34)22-31-26-64(37-13-10-9-12-33(31)37)25-30-15-17-32(50)18-16-30/h9-10,12-13,15-18,26-29,34-36,38-40H,11,14,20-25H2,1-8H3,(H,58,66)(H,59,65)(H,60,67)/t29-,34-,35-,36-,38-,39-,40?/m0/s1. The zero-order valence-electron chi connectivity index (χ0n) is 41.2. The Morgan fingerprint density at radius 2 is 1.19 bits per heavy atom. The number of para-hydroxylation sites is 1. The first kappa shape index (κ1) is 58.2. The lowest BCUT2D eigenvalue weighted by molar-refractivity contribution is -0.166. The third-order valence-electron chi connectivity index (χ3n) is 12.2. The molecule has 1 saturated heterocycles. The Bertz CT molecular complexity index is 2480. The van der Waals surface area contributed by atoms with Crippen molar-refractivity contribution in [2.75, 3.05) is 21.1 Å². The summed E-state index contributed by atoms with van der Waals surface area (Å²) in [4.78, 5) is 102. The maximum Gasteiger partial charge on any atom is 0.391 e. The predicted octanol–water partition coefficient (Wildman–Crippen LogP) is 6.07. The van der Waals surface area contributed by atoms with Crippen molar-refractivity contribution in [1.29, 1.82) is 5.26 Å². The van der Waals surface area contributed by atoms with E-state index < -0.39 is 128 Å². The minimum absolute atomic E-state index is 0.0825. The summed E-state index contributed by atoms with van der Waals surface area (Å²) in [7, 11) is 3.11. The fourth-order valence-electron chi connectivity index (χ4n) is 8.33. The Morgan fingerprint density at radius 3 is 1.74 bits per heavy atom. The zero-order chi connectivity index (χ0) is 54.0. The molecule has 6 amide bonds. The highest BCUT2D eigenvalue weighted by atomic mass is 35.5. The number of amides is 6. The molecule has 1 unspecified atom stereocenters. The number of hydrogen-bond donors (Lipinski definition) is 3. The van der Waals surface area contributed by atoms with Crippen LogP contribution < -0.4 is 16.0 Å². The van der Waals surface area contributed by atoms with Gasteiger partial charge in [0.25, 0.3) is 5.91 Å². The van der Waals surface area contributed by atoms with Crippen LogP contribution in [-0.2, 0) is 51.3 Å². The first-order chi connectivity index (χ1) is 33.5. The van der Waals surface area contributed by atoms with Crippen LogP contribution in [0.4, 0.5) is 26.3 Å². The molecule has 394 valence electrons. The van der Waals surface area contributed by atoms with Gasteiger partial charge in [0.15, 0.2) is 6.10 Å². The number of esters is 1. The number of likely N-dealkylation sites (N-methyl/N-ethyl adjacent to an activating group) is 3. The van der Waals surface area contributed by atoms with Crippen LogP contribution in [0.3, 0.4) is 0 Å². The quantitative estimate of drug-likeness (QED) is 0.142. The van der Waals surface area contributed by atoms with E-state index in [-0.39, 0.29) is 25.2 Å². The summed E-state index contributed by atoms with van der Waals surface area (Å²) in [5.41, 5.74) is 1.95. The highest BCUT2D eigenvalue weighted by Gasteiger charge is 2.45. The molecule has 0 spiro atoms. The smallest absolute Gasteiger partial charge is 0.391 e. The number of nitrogens with zero attached hydrogens (tertiary/aromatic N) is 5. The Labute approximate surface area is 418 Å². The molecule has 7 atom stereocenters. The number of carbonyl (C=O) groups is 7. The van der Waals surface area contributed by atoms with E-state index in [0.717, 1.165) is 24.6 Å². The number of aromatic nitrogens is 1. The number of rotatable bonds is 12. The van der Waals surface area contributed by atoms with E-state index in [1.54, 1.807) is 88.5 Å². The van der Waals surface area contributed by atoms with E-state index in [0.29, 0.717) is 37.8 Å². The lowest BCUT2D eigenvalue weighted by Gasteiger charge is -2.35. The molecule has 3 N–H and O–H groups in total. The van der Waals surface area contributed by atoms with Crippen molar-refractivity contribution in [3.05, 3.63) is 70.9 Å². The summed E-state index contributed by atoms with van der Waals surface area (Å²) >= 11 is 6.12. The monoisotopic (exact) mass is 1040 g/mol. The van der Waals surface area contributed by atoms with Crippen molar-refractivity contribution in [3.8, 4) is 6.07 Å². The average molecular weight is 1040 g/mol. The minimum Gasteiger partial charge on any atom is -0.451 e. The summed E-state index contributed by atoms with van der Waals surface area (Å²) < 4.78 is 93.3. The van der Waals surface area contributed by atoms with Gasteiger partial charge in [0.2, 0.25) is 29.5 Å². The van der Waals surface area contributed by atoms with Crippen LogP contribution >= 0.6 is 11.6 Å². The van der Waals surface area contributed by atoms with E-state index in [2.05, 4.69) is 10.6 Å². The summed E-state index contributed by atoms with van der Waals surface area (Å²) in [5.74, 6) is -9.85. The fourth-order valence-corrected chi connectivity index (χ4v) is 8.46. The molecule has 72 heavy (non-hydrogen) atoms. The Balaban J connectivity index is 1.95. The van der Waals surface area contributed by atoms with Crippen molar-refractivity contribution < 1.29 is 64.6 Å². The third-order valence-corrected chi connectivity index (χ3v) is 12.5. The molecule has 0 radical (unpaired) electrons. The molecule has 1 aliphatic rings. The van der Waals surface area contributed by atoms with Gasteiger partial charge in [-0.15, -0.1) is 0 Å². The van der Waals surface area contributed by atoms with Gasteiger partial charge in [-0.1, -0.05) is 69.6 Å². The topological polar surface area (TPSA) is 203 Å². The van der Waals surface area contributed by atoms with Crippen LogP contribution in [-0.4, -0.2) is 137 Å². The number of benzene rings is 2. The van der Waals surface area contributed by atoms with Gasteiger partial charge in [-0.3, -0.25) is 28.8 Å². The fraction of sp³-hybridized carbons (Fsp3) is 0.551. The normalized spacial score (nSPS) is 23.2. The van der Waals surface area contributed by atoms with Gasteiger partial charge in [0.1, 0.15) is 36.3 Å². The molecule has 1 aromatic heterocycles. The number of carbonyl (C=O) groups excluding carboxylic acids is 7. The van der Waals surface area contributed by atoms with Gasteiger partial charge in [-0.05, 0) is 60.9 Å². The van der Waals surface area contributed by atoms with Crippen LogP contribution in [0.2, 0.25) is 5.02 Å². The minimum atomic E-state index is -5.15. The predicted molar refractivity (Wildman–Crippen MR) is 252 cm³/mol. The molecular formula is C49H61ClF6N8O8. The largest absolute Gasteiger partial charge is 0.451 e. The van der Waals surface area contributed by atoms with Gasteiger partial charge in [0, 0.05) is 69.1 Å². The molecule has 0 saturated carbocycles. The van der Waals surface area contributed by atoms with Gasteiger partial charge in [-0.2, -0.15) is 31.6 Å². The van der Waals surface area contributed by atoms with Crippen molar-refractivity contribution in [2.24, 2.45) is 11.8 Å². The van der Waals surface area contributed by atoms with Crippen molar-refractivity contribution in [3.63, 3.8) is 0 Å². The number of ether oxygens (including phenoxy) is 1. The average Bonchev–Trinajstić information content (AvgIpc) is 3.64. The molecule has 1 fully saturated rings. The van der Waals surface area contributed by atoms with E-state index in [1.165, 1.54) is 14.0 Å². The number of fused-ring (bicyclic) bond motifs is 1. The second-order valence-corrected chi connectivity index (χ2v) is 19.3. The van der Waals surface area contributed by atoms with Crippen molar-refractivity contribution >= 4 is 63.9 Å². The second-order valence-electron chi connectivity index (χ2n) is 18.9. The summed E-state index contributed by atoms with van der Waals surface area (Å²) in [6.45, 7) is 8.02. The number of hydrogen-bond acceptors (Lipinski definition) is 9. The molecular weight excluding hydrogens is 978 g/mol. The lowest BCUT2D eigenvalue weighted by atomic mass is 9.98. The van der Waals surface area contributed by atoms with Crippen LogP contribution in [0, 0.1) is 23.2 Å². The molecule has 16 nitrogen and oxygen atoms in total. The number of alkyl halides is 6. The van der Waals surface area contributed by atoms with Crippen molar-refractivity contribution in [2.45, 2.75) is 141 Å². The van der Waals surface area contributed by atoms with E-state index >= 15 is 0 Å². The molecule has 0 bridgehead atoms. The molecule has 3 aromatic rings. The first-order valence-electron chi connectivity index (χ1n) is 23.2. The summed E-state index contributed by atoms with van der Waals surface area (Å²) in [6, 6.07) is 4.20. The Kier molecular flexibility index (Phi) is 20.1. The van der Waals surface area contributed by atoms with Crippen LogP contribution in [0.1, 0.15) is 84.3 Å². The van der Waals surface area contributed by atoms with E-state index in [1.807, 2.05) is 9.88 Å². The van der Waals surface area contributed by atoms with Gasteiger partial charge < -0.3 is 40.0 Å². The summed E-state index contributed by atoms with van der Waals surface area (Å²) in [5, 5.41) is 17.1. The van der Waals surface area contributed by atoms with Crippen molar-refractivity contribution in [1.82, 2.24) is 35.2 Å². The third kappa shape index (κ3) is 16.1. The molecule has 4 rings (SSSR count). The Morgan fingerprint density at radius 1 is 0.694 bits per heavy atom. The lowest BCUT2D eigenvalue weighted by Crippen LogP contribution is -2.61. The molecule has 23 heteroatoms. The van der Waals surface area contributed by atoms with E-state index in [4.69, 9.17) is 16.3 Å². The number of nitriles is 1. The highest BCUT2D eigenvalue weighted by molar-refractivity contribution is 6.30. The molecule has 2 heterocycles. The Hall–Kier alpha value is -6.37. The number of nitrogens with one attached hydrogen (secondary N) is 3. The number of cyclic esters (lactones) is 1. The molecule has 0 aliphatic carbocycles. The highest BCUT2D eigenvalue weighted by Crippen LogP contribution is 2.29. The molecule has 2 aromatic carbocycles. The van der Waals surface area contributed by atoms with Crippen LogP contribution in [0.25, 0.3) is 10.9 Å². The number of halogens is 7. The zero-order valence-corrected chi connectivity index (χ0v) is 42.0. The molecule has 1 aliphatic heterocycles. The second kappa shape index (κ2) is 24.8. The van der Waals surface area contributed by atoms with Crippen LogP contribution in [0.15, 0.2) is 54.7 Å².